The summed E-state index contributed by atoms with van der Waals surface area (Å²) in [5, 5.41) is 18.9. The van der Waals surface area contributed by atoms with Gasteiger partial charge in [0.2, 0.25) is 0 Å². The summed E-state index contributed by atoms with van der Waals surface area (Å²) < 4.78 is 21.1. The molecule has 7 heteroatoms. The van der Waals surface area contributed by atoms with Crippen molar-refractivity contribution >= 4 is 26.7 Å². The molecule has 22 heavy (non-hydrogen) atoms. The number of aromatic hydroxyl groups is 1. The zero-order chi connectivity index (χ0) is 16.1. The Morgan fingerprint density at radius 2 is 1.73 bits per heavy atom. The zero-order valence-corrected chi connectivity index (χ0v) is 13.0. The first-order valence-corrected chi connectivity index (χ1v) is 8.22. The lowest BCUT2D eigenvalue weighted by Gasteiger charge is -2.08. The molecule has 0 saturated carbocycles. The zero-order valence-electron chi connectivity index (χ0n) is 12.1. The fraction of sp³-hybridized carbons (Fsp3) is 0.133. The minimum absolute atomic E-state index is 0.114. The molecule has 0 saturated heterocycles. The second-order valence-corrected chi connectivity index (χ2v) is 6.93. The van der Waals surface area contributed by atoms with E-state index in [1.165, 1.54) is 16.9 Å². The molecular weight excluding hydrogens is 302 g/mol. The molecule has 0 spiro atoms. The number of nitrogens with zero attached hydrogens (tertiary/aromatic N) is 3. The Hall–Kier alpha value is -2.38. The van der Waals surface area contributed by atoms with Gasteiger partial charge in [-0.05, 0) is 49.0 Å². The standard InChI is InChI=1S/C15H15N3O3S/c1-9-4-5-10(2)15(19)14(9)18-16-12-7-6-11(22(3,20)21)8-13(12)17-18/h4-8,19H,3H2,1-2H3,(H,20,21). The highest BCUT2D eigenvalue weighted by Crippen LogP contribution is 2.29. The van der Waals surface area contributed by atoms with Gasteiger partial charge < -0.3 is 9.66 Å². The van der Waals surface area contributed by atoms with E-state index in [0.29, 0.717) is 16.7 Å². The molecule has 6 nitrogen and oxygen atoms in total. The molecule has 3 rings (SSSR count). The molecule has 0 radical (unpaired) electrons. The van der Waals surface area contributed by atoms with Crippen LogP contribution in [0, 0.1) is 13.8 Å². The molecule has 114 valence electrons. The third kappa shape index (κ3) is 2.34. The maximum Gasteiger partial charge on any atom is 0.146 e. The van der Waals surface area contributed by atoms with E-state index in [0.717, 1.165) is 11.1 Å². The van der Waals surface area contributed by atoms with Gasteiger partial charge in [0.15, 0.2) is 0 Å². The highest BCUT2D eigenvalue weighted by Gasteiger charge is 2.14. The summed E-state index contributed by atoms with van der Waals surface area (Å²) in [6, 6.07) is 8.28. The molecule has 1 atom stereocenters. The SMILES string of the molecule is C=S(=O)(O)c1ccc2nn(-c3c(C)ccc(C)c3O)nc2c1. The van der Waals surface area contributed by atoms with Crippen LogP contribution in [0.25, 0.3) is 16.7 Å². The van der Waals surface area contributed by atoms with Crippen molar-refractivity contribution in [2.24, 2.45) is 0 Å². The van der Waals surface area contributed by atoms with Crippen LogP contribution >= 0.6 is 0 Å². The van der Waals surface area contributed by atoms with E-state index in [2.05, 4.69) is 16.1 Å². The lowest BCUT2D eigenvalue weighted by Crippen LogP contribution is -2.02. The normalized spacial score (nSPS) is 14.1. The quantitative estimate of drug-likeness (QED) is 0.708. The predicted molar refractivity (Wildman–Crippen MR) is 86.2 cm³/mol. The first-order chi connectivity index (χ1) is 10.3. The summed E-state index contributed by atoms with van der Waals surface area (Å²) in [6.45, 7) is 3.65. The van der Waals surface area contributed by atoms with Gasteiger partial charge in [-0.2, -0.15) is 0 Å². The van der Waals surface area contributed by atoms with Gasteiger partial charge in [-0.15, -0.1) is 15.0 Å². The second kappa shape index (κ2) is 4.82. The first-order valence-electron chi connectivity index (χ1n) is 6.54. The fourth-order valence-corrected chi connectivity index (χ4v) is 2.80. The fourth-order valence-electron chi connectivity index (χ4n) is 2.23. The summed E-state index contributed by atoms with van der Waals surface area (Å²) in [7, 11) is -3.30. The van der Waals surface area contributed by atoms with Crippen molar-refractivity contribution in [2.75, 3.05) is 0 Å². The van der Waals surface area contributed by atoms with Gasteiger partial charge in [0.05, 0.1) is 4.90 Å². The highest BCUT2D eigenvalue weighted by molar-refractivity contribution is 7.95. The number of benzene rings is 2. The van der Waals surface area contributed by atoms with Crippen LogP contribution < -0.4 is 0 Å². The maximum atomic E-state index is 11.6. The number of phenols is 1. The van der Waals surface area contributed by atoms with Crippen LogP contribution in [0.2, 0.25) is 0 Å². The third-order valence-electron chi connectivity index (χ3n) is 3.47. The molecule has 0 fully saturated rings. The Bertz CT molecular complexity index is 991. The van der Waals surface area contributed by atoms with Crippen molar-refractivity contribution in [1.29, 1.82) is 0 Å². The molecular formula is C15H15N3O3S. The van der Waals surface area contributed by atoms with Crippen LogP contribution in [-0.4, -0.2) is 34.7 Å². The van der Waals surface area contributed by atoms with Crippen LogP contribution in [-0.2, 0) is 9.80 Å². The van der Waals surface area contributed by atoms with E-state index in [9.17, 15) is 13.9 Å². The molecule has 3 aromatic rings. The van der Waals surface area contributed by atoms with Gasteiger partial charge in [0.1, 0.15) is 32.3 Å². The van der Waals surface area contributed by atoms with E-state index >= 15 is 0 Å². The molecule has 2 N–H and O–H groups in total. The molecule has 0 amide bonds. The number of hydrogen-bond acceptors (Lipinski definition) is 4. The van der Waals surface area contributed by atoms with Crippen molar-refractivity contribution < 1.29 is 13.9 Å². The van der Waals surface area contributed by atoms with Gasteiger partial charge in [0.25, 0.3) is 0 Å². The van der Waals surface area contributed by atoms with Gasteiger partial charge in [0, 0.05) is 0 Å². The number of phenolic OH excluding ortho intramolecular Hbond substituents is 1. The van der Waals surface area contributed by atoms with E-state index in [4.69, 9.17) is 0 Å². The molecule has 0 bridgehead atoms. The van der Waals surface area contributed by atoms with Crippen LogP contribution in [0.3, 0.4) is 0 Å². The van der Waals surface area contributed by atoms with E-state index < -0.39 is 9.80 Å². The molecule has 0 aliphatic heterocycles. The topological polar surface area (TPSA) is 88.2 Å². The van der Waals surface area contributed by atoms with Crippen molar-refractivity contribution in [1.82, 2.24) is 15.0 Å². The van der Waals surface area contributed by atoms with Crippen molar-refractivity contribution in [3.8, 4) is 11.4 Å². The average molecular weight is 317 g/mol. The lowest BCUT2D eigenvalue weighted by atomic mass is 10.1. The summed E-state index contributed by atoms with van der Waals surface area (Å²) in [6.07, 6.45) is 0. The number of fused-ring (bicyclic) bond motifs is 1. The Kier molecular flexibility index (Phi) is 3.19. The average Bonchev–Trinajstić information content (AvgIpc) is 2.84. The molecule has 2 aromatic carbocycles. The van der Waals surface area contributed by atoms with Gasteiger partial charge in [-0.25, -0.2) is 4.21 Å². The van der Waals surface area contributed by atoms with Crippen LogP contribution in [0.1, 0.15) is 11.1 Å². The molecule has 0 aliphatic rings. The number of aryl methyl sites for hydroxylation is 2. The van der Waals surface area contributed by atoms with Crippen LogP contribution in [0.5, 0.6) is 5.75 Å². The molecule has 1 aromatic heterocycles. The summed E-state index contributed by atoms with van der Waals surface area (Å²) in [5.41, 5.74) is 3.07. The Labute approximate surface area is 127 Å². The number of aromatic nitrogens is 3. The largest absolute Gasteiger partial charge is 0.505 e. The Morgan fingerprint density at radius 1 is 1.09 bits per heavy atom. The first kappa shape index (κ1) is 14.6. The van der Waals surface area contributed by atoms with Gasteiger partial charge >= 0.3 is 0 Å². The summed E-state index contributed by atoms with van der Waals surface area (Å²) >= 11 is 0. The number of rotatable bonds is 2. The summed E-state index contributed by atoms with van der Waals surface area (Å²) in [4.78, 5) is 1.53. The van der Waals surface area contributed by atoms with Crippen molar-refractivity contribution in [3.63, 3.8) is 0 Å². The van der Waals surface area contributed by atoms with Gasteiger partial charge in [-0.1, -0.05) is 12.1 Å². The predicted octanol–water partition coefficient (Wildman–Crippen LogP) is 2.29. The van der Waals surface area contributed by atoms with Crippen molar-refractivity contribution in [2.45, 2.75) is 18.7 Å². The smallest absolute Gasteiger partial charge is 0.146 e. The molecule has 1 heterocycles. The third-order valence-corrected chi connectivity index (χ3v) is 4.47. The van der Waals surface area contributed by atoms with Crippen molar-refractivity contribution in [3.05, 3.63) is 41.5 Å². The molecule has 1 unspecified atom stereocenters. The minimum Gasteiger partial charge on any atom is -0.505 e. The Balaban J connectivity index is 2.24. The highest BCUT2D eigenvalue weighted by atomic mass is 32.2. The Morgan fingerprint density at radius 3 is 2.41 bits per heavy atom. The van der Waals surface area contributed by atoms with E-state index in [1.807, 2.05) is 19.1 Å². The monoisotopic (exact) mass is 317 g/mol. The van der Waals surface area contributed by atoms with Gasteiger partial charge in [-0.3, -0.25) is 0 Å². The van der Waals surface area contributed by atoms with Crippen LogP contribution in [0.4, 0.5) is 0 Å². The maximum absolute atomic E-state index is 11.6. The van der Waals surface area contributed by atoms with E-state index in [1.54, 1.807) is 13.0 Å². The van der Waals surface area contributed by atoms with Crippen LogP contribution in [0.15, 0.2) is 35.2 Å². The minimum atomic E-state index is -3.30. The van der Waals surface area contributed by atoms with E-state index in [-0.39, 0.29) is 10.6 Å². The second-order valence-electron chi connectivity index (χ2n) is 5.18. The lowest BCUT2D eigenvalue weighted by molar-refractivity contribution is 0.463. The molecule has 0 aliphatic carbocycles. The summed E-state index contributed by atoms with van der Waals surface area (Å²) in [5.74, 6) is 3.36. The number of hydrogen-bond donors (Lipinski definition) is 2.